The van der Waals surface area contributed by atoms with E-state index in [1.54, 1.807) is 12.1 Å². The number of fused-ring (bicyclic) bond motifs is 1. The number of aromatic nitrogens is 3. The molecule has 32 heavy (non-hydrogen) atoms. The predicted octanol–water partition coefficient (Wildman–Crippen LogP) is 1.43. The average Bonchev–Trinajstić information content (AvgIpc) is 2.83. The Morgan fingerprint density at radius 1 is 1.25 bits per heavy atom. The topological polar surface area (TPSA) is 118 Å². The Balaban J connectivity index is 1.44. The van der Waals surface area contributed by atoms with Gasteiger partial charge in [-0.3, -0.25) is 19.5 Å². The molecule has 3 aromatic rings. The summed E-state index contributed by atoms with van der Waals surface area (Å²) in [7, 11) is 1.54. The molecule has 1 fully saturated rings. The lowest BCUT2D eigenvalue weighted by atomic mass is 10.1. The summed E-state index contributed by atoms with van der Waals surface area (Å²) in [6.45, 7) is 5.79. The van der Waals surface area contributed by atoms with E-state index in [1.165, 1.54) is 7.05 Å². The number of anilines is 1. The number of nitrogens with zero attached hydrogens (tertiary/aromatic N) is 5. The van der Waals surface area contributed by atoms with Crippen molar-refractivity contribution in [3.05, 3.63) is 63.3 Å². The standard InChI is InChI=1S/C23H25N7O2/c1-3-16-11-18-19(28-22(16)31)10-15(13-26-18)14-29-6-8-30(9-7-29)21-5-4-17(23(32)25-2)27-20(21)12-24/h4-5,10-11,13H,3,6-9,14H2,1-2H3,(H,25,32)(H,28,31). The molecule has 2 N–H and O–H groups in total. The molecule has 4 rings (SSSR count). The molecule has 164 valence electrons. The molecule has 0 atom stereocenters. The predicted molar refractivity (Wildman–Crippen MR) is 122 cm³/mol. The quantitative estimate of drug-likeness (QED) is 0.627. The Bertz CT molecular complexity index is 1250. The van der Waals surface area contributed by atoms with Crippen molar-refractivity contribution >= 4 is 22.6 Å². The van der Waals surface area contributed by atoms with Crippen molar-refractivity contribution in [3.63, 3.8) is 0 Å². The maximum Gasteiger partial charge on any atom is 0.269 e. The highest BCUT2D eigenvalue weighted by molar-refractivity contribution is 5.92. The first-order valence-corrected chi connectivity index (χ1v) is 10.6. The number of amides is 1. The van der Waals surface area contributed by atoms with Gasteiger partial charge in [0.15, 0.2) is 5.69 Å². The first kappa shape index (κ1) is 21.5. The Morgan fingerprint density at radius 3 is 2.72 bits per heavy atom. The van der Waals surface area contributed by atoms with Crippen molar-refractivity contribution in [2.75, 3.05) is 38.1 Å². The summed E-state index contributed by atoms with van der Waals surface area (Å²) in [5.41, 5.74) is 4.51. The summed E-state index contributed by atoms with van der Waals surface area (Å²) in [6, 6.07) is 9.39. The highest BCUT2D eigenvalue weighted by Crippen LogP contribution is 2.21. The molecule has 0 aliphatic carbocycles. The molecule has 3 aromatic heterocycles. The lowest BCUT2D eigenvalue weighted by molar-refractivity contribution is 0.0958. The highest BCUT2D eigenvalue weighted by Gasteiger charge is 2.21. The van der Waals surface area contributed by atoms with Gasteiger partial charge < -0.3 is 15.2 Å². The zero-order valence-corrected chi connectivity index (χ0v) is 18.2. The zero-order chi connectivity index (χ0) is 22.7. The number of carbonyl (C=O) groups is 1. The van der Waals surface area contributed by atoms with Gasteiger partial charge in [0.1, 0.15) is 11.8 Å². The molecular weight excluding hydrogens is 406 g/mol. The van der Waals surface area contributed by atoms with Gasteiger partial charge in [0, 0.05) is 51.5 Å². The van der Waals surface area contributed by atoms with Crippen molar-refractivity contribution in [1.29, 1.82) is 5.26 Å². The molecule has 1 amide bonds. The number of pyridine rings is 3. The van der Waals surface area contributed by atoms with Crippen LogP contribution in [0.3, 0.4) is 0 Å². The normalized spacial score (nSPS) is 14.3. The lowest BCUT2D eigenvalue weighted by Gasteiger charge is -2.36. The number of piperazine rings is 1. The number of carbonyl (C=O) groups excluding carboxylic acids is 1. The van der Waals surface area contributed by atoms with Gasteiger partial charge in [-0.15, -0.1) is 0 Å². The minimum Gasteiger partial charge on any atom is -0.367 e. The van der Waals surface area contributed by atoms with Gasteiger partial charge in [0.25, 0.3) is 11.5 Å². The van der Waals surface area contributed by atoms with Crippen molar-refractivity contribution in [1.82, 2.24) is 25.2 Å². The van der Waals surface area contributed by atoms with E-state index in [-0.39, 0.29) is 22.9 Å². The molecule has 9 nitrogen and oxygen atoms in total. The molecule has 1 saturated heterocycles. The fraction of sp³-hybridized carbons (Fsp3) is 0.348. The summed E-state index contributed by atoms with van der Waals surface area (Å²) in [6.07, 6.45) is 2.54. The van der Waals surface area contributed by atoms with E-state index in [9.17, 15) is 14.9 Å². The number of nitrogens with one attached hydrogen (secondary N) is 2. The number of hydrogen-bond acceptors (Lipinski definition) is 7. The minimum atomic E-state index is -0.311. The summed E-state index contributed by atoms with van der Waals surface area (Å²) < 4.78 is 0. The molecule has 0 radical (unpaired) electrons. The van der Waals surface area contributed by atoms with Gasteiger partial charge in [-0.25, -0.2) is 4.98 Å². The van der Waals surface area contributed by atoms with Crippen LogP contribution in [0.1, 0.15) is 34.2 Å². The van der Waals surface area contributed by atoms with E-state index in [1.807, 2.05) is 25.3 Å². The summed E-state index contributed by atoms with van der Waals surface area (Å²) in [5, 5.41) is 12.0. The number of nitriles is 1. The van der Waals surface area contributed by atoms with Gasteiger partial charge in [-0.05, 0) is 36.2 Å². The number of H-pyrrole nitrogens is 1. The molecule has 1 aliphatic heterocycles. The highest BCUT2D eigenvalue weighted by atomic mass is 16.1. The number of rotatable bonds is 5. The fourth-order valence-electron chi connectivity index (χ4n) is 3.96. The molecule has 9 heteroatoms. The van der Waals surface area contributed by atoms with Crippen molar-refractivity contribution in [3.8, 4) is 6.07 Å². The maximum absolute atomic E-state index is 12.1. The SMILES string of the molecule is CCc1cc2ncc(CN3CCN(c4ccc(C(=O)NC)nc4C#N)CC3)cc2[nH]c1=O. The zero-order valence-electron chi connectivity index (χ0n) is 18.2. The second-order valence-electron chi connectivity index (χ2n) is 7.77. The summed E-state index contributed by atoms with van der Waals surface area (Å²) in [5.74, 6) is -0.311. The first-order chi connectivity index (χ1) is 15.5. The molecule has 0 bridgehead atoms. The summed E-state index contributed by atoms with van der Waals surface area (Å²) in [4.78, 5) is 40.0. The van der Waals surface area contributed by atoms with Crippen LogP contribution in [-0.4, -0.2) is 59.0 Å². The van der Waals surface area contributed by atoms with Gasteiger partial charge in [0.05, 0.1) is 16.7 Å². The second kappa shape index (κ2) is 9.16. The van der Waals surface area contributed by atoms with E-state index in [4.69, 9.17) is 0 Å². The third-order valence-corrected chi connectivity index (χ3v) is 5.77. The number of aromatic amines is 1. The van der Waals surface area contributed by atoms with E-state index in [2.05, 4.69) is 36.1 Å². The lowest BCUT2D eigenvalue weighted by Crippen LogP contribution is -2.46. The largest absolute Gasteiger partial charge is 0.367 e. The van der Waals surface area contributed by atoms with Gasteiger partial charge >= 0.3 is 0 Å². The molecule has 4 heterocycles. The van der Waals surface area contributed by atoms with Gasteiger partial charge in [-0.1, -0.05) is 6.92 Å². The average molecular weight is 432 g/mol. The maximum atomic E-state index is 12.1. The van der Waals surface area contributed by atoms with Crippen LogP contribution in [0, 0.1) is 11.3 Å². The fourth-order valence-corrected chi connectivity index (χ4v) is 3.96. The minimum absolute atomic E-state index is 0.0584. The Labute approximate surface area is 185 Å². The van der Waals surface area contributed by atoms with Gasteiger partial charge in [-0.2, -0.15) is 5.26 Å². The van der Waals surface area contributed by atoms with E-state index < -0.39 is 0 Å². The van der Waals surface area contributed by atoms with Crippen LogP contribution < -0.4 is 15.8 Å². The van der Waals surface area contributed by atoms with Crippen LogP contribution in [0.5, 0.6) is 0 Å². The first-order valence-electron chi connectivity index (χ1n) is 10.6. The Morgan fingerprint density at radius 2 is 2.03 bits per heavy atom. The molecule has 0 saturated carbocycles. The van der Waals surface area contributed by atoms with Crippen LogP contribution in [0.4, 0.5) is 5.69 Å². The van der Waals surface area contributed by atoms with Crippen LogP contribution in [0.2, 0.25) is 0 Å². The van der Waals surface area contributed by atoms with Gasteiger partial charge in [0.2, 0.25) is 0 Å². The van der Waals surface area contributed by atoms with E-state index in [0.29, 0.717) is 6.42 Å². The molecule has 0 aromatic carbocycles. The molecule has 0 unspecified atom stereocenters. The number of aryl methyl sites for hydroxylation is 1. The summed E-state index contributed by atoms with van der Waals surface area (Å²) >= 11 is 0. The van der Waals surface area contributed by atoms with Crippen molar-refractivity contribution in [2.24, 2.45) is 0 Å². The Hall–Kier alpha value is -3.77. The monoisotopic (exact) mass is 431 g/mol. The van der Waals surface area contributed by atoms with Crippen LogP contribution >= 0.6 is 0 Å². The third-order valence-electron chi connectivity index (χ3n) is 5.77. The molecule has 1 aliphatic rings. The molecule has 0 spiro atoms. The third kappa shape index (κ3) is 4.31. The van der Waals surface area contributed by atoms with Crippen molar-refractivity contribution < 1.29 is 4.79 Å². The number of hydrogen-bond donors (Lipinski definition) is 2. The molecular formula is C23H25N7O2. The van der Waals surface area contributed by atoms with E-state index >= 15 is 0 Å². The van der Waals surface area contributed by atoms with Crippen LogP contribution in [0.25, 0.3) is 11.0 Å². The Kier molecular flexibility index (Phi) is 6.14. The smallest absolute Gasteiger partial charge is 0.269 e. The van der Waals surface area contributed by atoms with E-state index in [0.717, 1.165) is 60.6 Å². The van der Waals surface area contributed by atoms with Crippen molar-refractivity contribution in [2.45, 2.75) is 19.9 Å². The van der Waals surface area contributed by atoms with Crippen LogP contribution in [0.15, 0.2) is 35.3 Å². The van der Waals surface area contributed by atoms with Crippen LogP contribution in [-0.2, 0) is 13.0 Å². The second-order valence-corrected chi connectivity index (χ2v) is 7.77.